The van der Waals surface area contributed by atoms with E-state index in [0.717, 1.165) is 11.8 Å². The molecule has 1 aromatic heterocycles. The lowest BCUT2D eigenvalue weighted by atomic mass is 10.2. The molecule has 7 nitrogen and oxygen atoms in total. The van der Waals surface area contributed by atoms with Crippen LogP contribution in [0.3, 0.4) is 0 Å². The number of nitrogen functional groups attached to an aromatic ring is 1. The van der Waals surface area contributed by atoms with Gasteiger partial charge in [-0.3, -0.25) is 0 Å². The van der Waals surface area contributed by atoms with Gasteiger partial charge in [-0.15, -0.1) is 0 Å². The number of hydrogen-bond acceptors (Lipinski definition) is 6. The third kappa shape index (κ3) is 3.22. The van der Waals surface area contributed by atoms with Crippen LogP contribution in [0, 0.1) is 0 Å². The fraction of sp³-hybridized carbons (Fsp3) is 0.231. The second-order valence-corrected chi connectivity index (χ2v) is 6.53. The van der Waals surface area contributed by atoms with E-state index in [-0.39, 0.29) is 16.4 Å². The smallest absolute Gasteiger partial charge is 0.360 e. The third-order valence-electron chi connectivity index (χ3n) is 2.96. The first kappa shape index (κ1) is 15.0. The number of hydrogen-bond donors (Lipinski definition) is 1. The van der Waals surface area contributed by atoms with E-state index in [2.05, 4.69) is 9.72 Å². The molecule has 0 unspecified atom stereocenters. The molecule has 112 valence electrons. The minimum Gasteiger partial charge on any atom is -0.464 e. The average Bonchev–Trinajstić information content (AvgIpc) is 2.79. The number of imidazole rings is 1. The van der Waals surface area contributed by atoms with E-state index < -0.39 is 15.8 Å². The Morgan fingerprint density at radius 1 is 1.33 bits per heavy atom. The number of ether oxygens (including phenoxy) is 1. The Hall–Kier alpha value is -2.35. The number of esters is 1. The maximum absolute atomic E-state index is 11.4. The summed E-state index contributed by atoms with van der Waals surface area (Å²) in [7, 11) is -1.96. The lowest BCUT2D eigenvalue weighted by molar-refractivity contribution is 0.0596. The highest BCUT2D eigenvalue weighted by Crippen LogP contribution is 2.15. The Morgan fingerprint density at radius 3 is 2.48 bits per heavy atom. The minimum atomic E-state index is -3.22. The zero-order valence-electron chi connectivity index (χ0n) is 11.6. The second-order valence-electron chi connectivity index (χ2n) is 4.51. The van der Waals surface area contributed by atoms with Gasteiger partial charge in [-0.2, -0.15) is 0 Å². The fourth-order valence-electron chi connectivity index (χ4n) is 1.81. The summed E-state index contributed by atoms with van der Waals surface area (Å²) in [5.74, 6) is -0.396. The predicted molar refractivity (Wildman–Crippen MR) is 76.6 cm³/mol. The van der Waals surface area contributed by atoms with Crippen LogP contribution in [0.5, 0.6) is 0 Å². The largest absolute Gasteiger partial charge is 0.464 e. The summed E-state index contributed by atoms with van der Waals surface area (Å²) in [4.78, 5) is 15.6. The van der Waals surface area contributed by atoms with Crippen LogP contribution in [0.4, 0.5) is 5.82 Å². The zero-order valence-corrected chi connectivity index (χ0v) is 12.4. The zero-order chi connectivity index (χ0) is 15.6. The highest BCUT2D eigenvalue weighted by molar-refractivity contribution is 7.90. The van der Waals surface area contributed by atoms with Crippen LogP contribution in [0.1, 0.15) is 16.1 Å². The van der Waals surface area contributed by atoms with E-state index >= 15 is 0 Å². The molecule has 2 aromatic rings. The molecule has 0 bridgehead atoms. The van der Waals surface area contributed by atoms with Gasteiger partial charge >= 0.3 is 5.97 Å². The molecule has 0 aliphatic heterocycles. The van der Waals surface area contributed by atoms with Crippen LogP contribution in [0.25, 0.3) is 0 Å². The molecule has 0 saturated carbocycles. The SMILES string of the molecule is COC(=O)c1ncn(Cc2ccc(S(C)(=O)=O)cc2)c1N. The van der Waals surface area contributed by atoms with E-state index in [0.29, 0.717) is 6.54 Å². The van der Waals surface area contributed by atoms with Gasteiger partial charge < -0.3 is 15.0 Å². The van der Waals surface area contributed by atoms with Gasteiger partial charge in [0.2, 0.25) is 0 Å². The van der Waals surface area contributed by atoms with Crippen molar-refractivity contribution in [3.63, 3.8) is 0 Å². The topological polar surface area (TPSA) is 104 Å². The Kier molecular flexibility index (Phi) is 3.99. The average molecular weight is 309 g/mol. The van der Waals surface area contributed by atoms with Gasteiger partial charge in [0.25, 0.3) is 0 Å². The lowest BCUT2D eigenvalue weighted by Crippen LogP contribution is -2.09. The number of aromatic nitrogens is 2. The van der Waals surface area contributed by atoms with Gasteiger partial charge in [-0.05, 0) is 17.7 Å². The van der Waals surface area contributed by atoms with E-state index in [4.69, 9.17) is 5.73 Å². The van der Waals surface area contributed by atoms with E-state index in [1.165, 1.54) is 25.6 Å². The molecule has 0 aliphatic rings. The lowest BCUT2D eigenvalue weighted by Gasteiger charge is -2.06. The molecule has 21 heavy (non-hydrogen) atoms. The first-order chi connectivity index (χ1) is 9.82. The summed E-state index contributed by atoms with van der Waals surface area (Å²) in [6, 6.07) is 6.43. The van der Waals surface area contributed by atoms with E-state index in [9.17, 15) is 13.2 Å². The molecule has 2 N–H and O–H groups in total. The van der Waals surface area contributed by atoms with Crippen LogP contribution < -0.4 is 5.73 Å². The fourth-order valence-corrected chi connectivity index (χ4v) is 2.44. The standard InChI is InChI=1S/C13H15N3O4S/c1-20-13(17)11-12(14)16(8-15-11)7-9-3-5-10(6-4-9)21(2,18)19/h3-6,8H,7,14H2,1-2H3. The number of benzene rings is 1. The molecule has 0 radical (unpaired) electrons. The maximum Gasteiger partial charge on any atom is 0.360 e. The number of carbonyl (C=O) groups is 1. The van der Waals surface area contributed by atoms with Crippen molar-refractivity contribution in [1.82, 2.24) is 9.55 Å². The number of carbonyl (C=O) groups excluding carboxylic acids is 1. The van der Waals surface area contributed by atoms with Gasteiger partial charge in [0, 0.05) is 6.26 Å². The number of nitrogens with two attached hydrogens (primary N) is 1. The molecule has 2 rings (SSSR count). The summed E-state index contributed by atoms with van der Waals surface area (Å²) < 4.78 is 28.9. The molecule has 1 aromatic carbocycles. The summed E-state index contributed by atoms with van der Waals surface area (Å²) in [5, 5.41) is 0. The van der Waals surface area contributed by atoms with Crippen LogP contribution in [-0.4, -0.2) is 37.3 Å². The summed E-state index contributed by atoms with van der Waals surface area (Å²) >= 11 is 0. The molecule has 0 saturated heterocycles. The Balaban J connectivity index is 2.23. The highest BCUT2D eigenvalue weighted by atomic mass is 32.2. The molecule has 0 aliphatic carbocycles. The Bertz CT molecular complexity index is 763. The van der Waals surface area contributed by atoms with Gasteiger partial charge in [-0.1, -0.05) is 12.1 Å². The molecular weight excluding hydrogens is 294 g/mol. The molecule has 8 heteroatoms. The van der Waals surface area contributed by atoms with Gasteiger partial charge in [0.1, 0.15) is 5.82 Å². The number of nitrogens with zero attached hydrogens (tertiary/aromatic N) is 2. The number of anilines is 1. The first-order valence-corrected chi connectivity index (χ1v) is 7.90. The molecule has 0 fully saturated rings. The quantitative estimate of drug-likeness (QED) is 0.834. The highest BCUT2D eigenvalue weighted by Gasteiger charge is 2.16. The second kappa shape index (κ2) is 5.57. The minimum absolute atomic E-state index is 0.0604. The van der Waals surface area contributed by atoms with Crippen molar-refractivity contribution in [1.29, 1.82) is 0 Å². The van der Waals surface area contributed by atoms with E-state index in [1.54, 1.807) is 16.7 Å². The Morgan fingerprint density at radius 2 is 1.95 bits per heavy atom. The molecule has 1 heterocycles. The van der Waals surface area contributed by atoms with Crippen LogP contribution >= 0.6 is 0 Å². The molecule has 0 atom stereocenters. The monoisotopic (exact) mass is 309 g/mol. The number of methoxy groups -OCH3 is 1. The summed E-state index contributed by atoms with van der Waals surface area (Å²) in [5.41, 5.74) is 6.73. The third-order valence-corrected chi connectivity index (χ3v) is 4.09. The van der Waals surface area contributed by atoms with Crippen molar-refractivity contribution in [3.05, 3.63) is 41.9 Å². The van der Waals surface area contributed by atoms with Crippen molar-refractivity contribution in [2.24, 2.45) is 0 Å². The van der Waals surface area contributed by atoms with Crippen LogP contribution in [0.15, 0.2) is 35.5 Å². The molecule has 0 spiro atoms. The summed E-state index contributed by atoms with van der Waals surface area (Å²) in [6.45, 7) is 0.375. The van der Waals surface area contributed by atoms with Gasteiger partial charge in [-0.25, -0.2) is 18.2 Å². The normalized spacial score (nSPS) is 11.3. The van der Waals surface area contributed by atoms with Crippen molar-refractivity contribution in [2.45, 2.75) is 11.4 Å². The number of rotatable bonds is 4. The molecular formula is C13H15N3O4S. The maximum atomic E-state index is 11.4. The van der Waals surface area contributed by atoms with Crippen LogP contribution in [-0.2, 0) is 21.1 Å². The molecule has 0 amide bonds. The van der Waals surface area contributed by atoms with Gasteiger partial charge in [0.05, 0.1) is 24.9 Å². The number of sulfone groups is 1. The summed E-state index contributed by atoms with van der Waals surface area (Å²) in [6.07, 6.45) is 2.59. The van der Waals surface area contributed by atoms with Crippen molar-refractivity contribution < 1.29 is 17.9 Å². The van der Waals surface area contributed by atoms with Gasteiger partial charge in [0.15, 0.2) is 15.5 Å². The predicted octanol–water partition coefficient (Wildman–Crippen LogP) is 0.704. The van der Waals surface area contributed by atoms with E-state index in [1.807, 2.05) is 0 Å². The van der Waals surface area contributed by atoms with Crippen molar-refractivity contribution >= 4 is 21.6 Å². The van der Waals surface area contributed by atoms with Crippen molar-refractivity contribution in [2.75, 3.05) is 19.1 Å². The Labute approximate surface area is 122 Å². The van der Waals surface area contributed by atoms with Crippen LogP contribution in [0.2, 0.25) is 0 Å². The van der Waals surface area contributed by atoms with Crippen molar-refractivity contribution in [3.8, 4) is 0 Å². The first-order valence-electron chi connectivity index (χ1n) is 6.01.